The average molecular weight is 333 g/mol. The van der Waals surface area contributed by atoms with E-state index in [9.17, 15) is 14.4 Å². The molecule has 8 nitrogen and oxygen atoms in total. The Labute approximate surface area is 139 Å². The molecule has 3 unspecified atom stereocenters. The number of piperidine rings is 1. The number of fused-ring (bicyclic) bond motifs is 1. The van der Waals surface area contributed by atoms with E-state index in [4.69, 9.17) is 11.5 Å². The highest BCUT2D eigenvalue weighted by molar-refractivity contribution is 5.96. The number of carbonyl (C=O) groups excluding carboxylic acids is 3. The first kappa shape index (κ1) is 16.5. The normalized spacial score (nSPS) is 26.6. The van der Waals surface area contributed by atoms with Gasteiger partial charge >= 0.3 is 0 Å². The van der Waals surface area contributed by atoms with Crippen LogP contribution in [0, 0.1) is 17.8 Å². The molecule has 1 saturated heterocycles. The second-order valence-corrected chi connectivity index (χ2v) is 6.63. The first-order chi connectivity index (χ1) is 11.4. The van der Waals surface area contributed by atoms with Crippen molar-refractivity contribution in [3.63, 3.8) is 0 Å². The third kappa shape index (κ3) is 3.01. The number of aromatic nitrogens is 1. The summed E-state index contributed by atoms with van der Waals surface area (Å²) in [6.45, 7) is 4.29. The van der Waals surface area contributed by atoms with E-state index in [1.165, 1.54) is 6.07 Å². The van der Waals surface area contributed by atoms with Crippen LogP contribution >= 0.6 is 0 Å². The van der Waals surface area contributed by atoms with Crippen molar-refractivity contribution in [2.45, 2.75) is 19.4 Å². The molecule has 130 valence electrons. The van der Waals surface area contributed by atoms with Gasteiger partial charge in [0.2, 0.25) is 5.91 Å². The predicted molar refractivity (Wildman–Crippen MR) is 87.0 cm³/mol. The number of primary amides is 2. The number of H-pyrrole nitrogens is 1. The number of nitrogens with zero attached hydrogens (tertiary/aromatic N) is 1. The first-order valence-corrected chi connectivity index (χ1v) is 8.22. The fraction of sp³-hybridized carbons (Fsp3) is 0.562. The van der Waals surface area contributed by atoms with Crippen LogP contribution < -0.4 is 16.8 Å². The molecule has 1 aliphatic carbocycles. The van der Waals surface area contributed by atoms with Crippen LogP contribution in [0.3, 0.4) is 0 Å². The summed E-state index contributed by atoms with van der Waals surface area (Å²) in [5.74, 6) is 0.382. The Bertz CT molecular complexity index is 658. The van der Waals surface area contributed by atoms with Crippen LogP contribution in [0.2, 0.25) is 0 Å². The van der Waals surface area contributed by atoms with Gasteiger partial charge in [0, 0.05) is 19.6 Å². The van der Waals surface area contributed by atoms with Crippen LogP contribution in [-0.2, 0) is 4.79 Å². The summed E-state index contributed by atoms with van der Waals surface area (Å²) in [6, 6.07) is 2.86. The SMILES string of the molecule is CCC(C(N)=O)N1CC2C(CNC(=O)c3ccc(C(N)=O)[nH]3)C2C1. The molecule has 1 saturated carbocycles. The van der Waals surface area contributed by atoms with Crippen LogP contribution in [-0.4, -0.2) is 53.3 Å². The Morgan fingerprint density at radius 2 is 1.88 bits per heavy atom. The Kier molecular flexibility index (Phi) is 4.31. The largest absolute Gasteiger partial charge is 0.368 e. The van der Waals surface area contributed by atoms with Gasteiger partial charge in [0.05, 0.1) is 6.04 Å². The highest BCUT2D eigenvalue weighted by atomic mass is 16.2. The lowest BCUT2D eigenvalue weighted by Crippen LogP contribution is -2.44. The Hall–Kier alpha value is -2.35. The summed E-state index contributed by atoms with van der Waals surface area (Å²) in [5, 5.41) is 2.89. The highest BCUT2D eigenvalue weighted by Gasteiger charge is 2.56. The lowest BCUT2D eigenvalue weighted by Gasteiger charge is -2.26. The number of nitrogens with two attached hydrogens (primary N) is 2. The Balaban J connectivity index is 1.46. The number of aromatic amines is 1. The molecule has 2 fully saturated rings. The van der Waals surface area contributed by atoms with Gasteiger partial charge < -0.3 is 21.8 Å². The van der Waals surface area contributed by atoms with Gasteiger partial charge in [-0.1, -0.05) is 6.92 Å². The van der Waals surface area contributed by atoms with Crippen molar-refractivity contribution in [1.29, 1.82) is 0 Å². The second-order valence-electron chi connectivity index (χ2n) is 6.63. The molecule has 3 rings (SSSR count). The van der Waals surface area contributed by atoms with Crippen LogP contribution in [0.25, 0.3) is 0 Å². The van der Waals surface area contributed by atoms with Crippen molar-refractivity contribution in [3.05, 3.63) is 23.5 Å². The van der Waals surface area contributed by atoms with Gasteiger partial charge in [0.25, 0.3) is 11.8 Å². The lowest BCUT2D eigenvalue weighted by molar-refractivity contribution is -0.123. The molecule has 0 radical (unpaired) electrons. The van der Waals surface area contributed by atoms with E-state index in [0.29, 0.717) is 30.0 Å². The molecule has 3 atom stereocenters. The van der Waals surface area contributed by atoms with E-state index < -0.39 is 5.91 Å². The Morgan fingerprint density at radius 1 is 1.25 bits per heavy atom. The zero-order valence-electron chi connectivity index (χ0n) is 13.6. The molecule has 1 aliphatic heterocycles. The van der Waals surface area contributed by atoms with Crippen molar-refractivity contribution in [3.8, 4) is 0 Å². The molecule has 0 bridgehead atoms. The fourth-order valence-electron chi connectivity index (χ4n) is 3.86. The average Bonchev–Trinajstić information content (AvgIpc) is 2.95. The van der Waals surface area contributed by atoms with Crippen LogP contribution in [0.1, 0.15) is 34.3 Å². The van der Waals surface area contributed by atoms with Crippen LogP contribution in [0.15, 0.2) is 12.1 Å². The highest BCUT2D eigenvalue weighted by Crippen LogP contribution is 2.51. The number of hydrogen-bond donors (Lipinski definition) is 4. The minimum atomic E-state index is -0.592. The van der Waals surface area contributed by atoms with Crippen molar-refractivity contribution >= 4 is 17.7 Å². The number of likely N-dealkylation sites (tertiary alicyclic amines) is 1. The minimum absolute atomic E-state index is 0.181. The number of rotatable bonds is 7. The maximum atomic E-state index is 12.1. The van der Waals surface area contributed by atoms with Gasteiger partial charge in [-0.25, -0.2) is 0 Å². The van der Waals surface area contributed by atoms with E-state index in [2.05, 4.69) is 15.2 Å². The molecule has 0 aromatic carbocycles. The molecule has 2 heterocycles. The van der Waals surface area contributed by atoms with Crippen molar-refractivity contribution in [2.24, 2.45) is 29.2 Å². The smallest absolute Gasteiger partial charge is 0.267 e. The molecule has 6 N–H and O–H groups in total. The summed E-state index contributed by atoms with van der Waals surface area (Å²) in [5.41, 5.74) is 11.1. The van der Waals surface area contributed by atoms with Gasteiger partial charge in [-0.15, -0.1) is 0 Å². The number of nitrogens with one attached hydrogen (secondary N) is 2. The molecular formula is C16H23N5O3. The molecule has 24 heavy (non-hydrogen) atoms. The zero-order valence-corrected chi connectivity index (χ0v) is 13.6. The Morgan fingerprint density at radius 3 is 2.38 bits per heavy atom. The standard InChI is InChI=1S/C16H23N5O3/c1-2-13(15(18)23)21-6-9-8(10(9)7-21)5-19-16(24)12-4-3-11(20-12)14(17)22/h3-4,8-10,13,20H,2,5-7H2,1H3,(H2,17,22)(H2,18,23)(H,19,24). The molecular weight excluding hydrogens is 310 g/mol. The molecule has 1 aromatic heterocycles. The molecule has 3 amide bonds. The number of amides is 3. The third-order valence-corrected chi connectivity index (χ3v) is 5.25. The predicted octanol–water partition coefficient (Wildman–Crippen LogP) is -0.715. The zero-order chi connectivity index (χ0) is 17.4. The third-order valence-electron chi connectivity index (χ3n) is 5.25. The first-order valence-electron chi connectivity index (χ1n) is 8.22. The summed E-state index contributed by atoms with van der Waals surface area (Å²) in [6.07, 6.45) is 0.727. The van der Waals surface area contributed by atoms with E-state index in [-0.39, 0.29) is 23.6 Å². The van der Waals surface area contributed by atoms with E-state index >= 15 is 0 Å². The van der Waals surface area contributed by atoms with Gasteiger partial charge in [-0.3, -0.25) is 19.3 Å². The van der Waals surface area contributed by atoms with Gasteiger partial charge in [0.15, 0.2) is 0 Å². The second kappa shape index (κ2) is 6.27. The van der Waals surface area contributed by atoms with E-state index in [0.717, 1.165) is 19.5 Å². The topological polar surface area (TPSA) is 134 Å². The summed E-state index contributed by atoms with van der Waals surface area (Å²) >= 11 is 0. The quantitative estimate of drug-likeness (QED) is 0.524. The monoisotopic (exact) mass is 333 g/mol. The maximum Gasteiger partial charge on any atom is 0.267 e. The molecule has 8 heteroatoms. The minimum Gasteiger partial charge on any atom is -0.368 e. The van der Waals surface area contributed by atoms with Crippen LogP contribution in [0.4, 0.5) is 0 Å². The van der Waals surface area contributed by atoms with Crippen LogP contribution in [0.5, 0.6) is 0 Å². The van der Waals surface area contributed by atoms with Crippen molar-refractivity contribution in [1.82, 2.24) is 15.2 Å². The summed E-state index contributed by atoms with van der Waals surface area (Å²) < 4.78 is 0. The molecule has 1 aromatic rings. The summed E-state index contributed by atoms with van der Waals surface area (Å²) in [4.78, 5) is 39.4. The number of hydrogen-bond acceptors (Lipinski definition) is 4. The van der Waals surface area contributed by atoms with Gasteiger partial charge in [-0.05, 0) is 36.3 Å². The number of carbonyl (C=O) groups is 3. The van der Waals surface area contributed by atoms with E-state index in [1.807, 2.05) is 6.92 Å². The van der Waals surface area contributed by atoms with Gasteiger partial charge in [0.1, 0.15) is 11.4 Å². The van der Waals surface area contributed by atoms with E-state index in [1.54, 1.807) is 6.07 Å². The molecule has 0 spiro atoms. The molecule has 2 aliphatic rings. The maximum absolute atomic E-state index is 12.1. The fourth-order valence-corrected chi connectivity index (χ4v) is 3.86. The summed E-state index contributed by atoms with van der Waals surface area (Å²) in [7, 11) is 0. The lowest BCUT2D eigenvalue weighted by atomic mass is 10.1. The van der Waals surface area contributed by atoms with Gasteiger partial charge in [-0.2, -0.15) is 0 Å². The van der Waals surface area contributed by atoms with Crippen molar-refractivity contribution in [2.75, 3.05) is 19.6 Å². The van der Waals surface area contributed by atoms with Crippen molar-refractivity contribution < 1.29 is 14.4 Å².